The van der Waals surface area contributed by atoms with Gasteiger partial charge in [-0.05, 0) is 44.0 Å². The van der Waals surface area contributed by atoms with Crippen LogP contribution in [0.4, 0.5) is 0 Å². The van der Waals surface area contributed by atoms with Gasteiger partial charge in [0.1, 0.15) is 11.3 Å². The first-order valence-corrected chi connectivity index (χ1v) is 10.5. The van der Waals surface area contributed by atoms with E-state index in [0.717, 1.165) is 12.8 Å². The molecule has 1 amide bonds. The van der Waals surface area contributed by atoms with Gasteiger partial charge in [-0.2, -0.15) is 0 Å². The lowest BCUT2D eigenvalue weighted by Crippen LogP contribution is -2.41. The topological polar surface area (TPSA) is 54.7 Å². The molecule has 1 saturated carbocycles. The van der Waals surface area contributed by atoms with Gasteiger partial charge in [-0.3, -0.25) is 14.0 Å². The van der Waals surface area contributed by atoms with Crippen LogP contribution in [0, 0.1) is 0 Å². The Hall–Kier alpha value is -2.66. The van der Waals surface area contributed by atoms with E-state index in [1.807, 2.05) is 11.8 Å². The van der Waals surface area contributed by atoms with Crippen LogP contribution in [0.25, 0.3) is 5.65 Å². The van der Waals surface area contributed by atoms with Crippen molar-refractivity contribution in [2.24, 2.45) is 0 Å². The number of rotatable bonds is 5. The minimum Gasteiger partial charge on any atom is -0.336 e. The molecule has 0 saturated heterocycles. The van der Waals surface area contributed by atoms with Gasteiger partial charge in [-0.15, -0.1) is 0 Å². The minimum absolute atomic E-state index is 0.0417. The van der Waals surface area contributed by atoms with E-state index in [4.69, 9.17) is 11.6 Å². The number of fused-ring (bicyclic) bond motifs is 1. The number of aromatic nitrogens is 2. The largest absolute Gasteiger partial charge is 0.336 e. The van der Waals surface area contributed by atoms with Crippen LogP contribution in [-0.4, -0.2) is 38.6 Å². The summed E-state index contributed by atoms with van der Waals surface area (Å²) in [6.07, 6.45) is 9.01. The summed E-state index contributed by atoms with van der Waals surface area (Å²) in [5, 5.41) is 0.535. The molecule has 0 spiro atoms. The summed E-state index contributed by atoms with van der Waals surface area (Å²) in [7, 11) is 0. The number of hydrogen-bond acceptors (Lipinski definition) is 3. The molecular formula is C23H24ClN3O2. The summed E-state index contributed by atoms with van der Waals surface area (Å²) in [5.74, 6) is -0.113. The van der Waals surface area contributed by atoms with Gasteiger partial charge in [-0.1, -0.05) is 43.0 Å². The number of halogens is 1. The maximum Gasteiger partial charge on any atom is 0.254 e. The second-order valence-corrected chi connectivity index (χ2v) is 7.94. The van der Waals surface area contributed by atoms with Gasteiger partial charge in [0.25, 0.3) is 5.91 Å². The monoisotopic (exact) mass is 409 g/mol. The lowest BCUT2D eigenvalue weighted by molar-refractivity contribution is 0.0647. The predicted molar refractivity (Wildman–Crippen MR) is 114 cm³/mol. The number of benzene rings is 1. The van der Waals surface area contributed by atoms with Crippen LogP contribution in [0.1, 0.15) is 65.4 Å². The average molecular weight is 410 g/mol. The fraction of sp³-hybridized carbons (Fsp3) is 0.348. The molecule has 1 aromatic carbocycles. The lowest BCUT2D eigenvalue weighted by Gasteiger charge is -2.33. The first kappa shape index (κ1) is 19.6. The van der Waals surface area contributed by atoms with Crippen molar-refractivity contribution >= 4 is 28.9 Å². The standard InChI is InChI=1S/C23H24ClN3O2/c1-2-26(19-6-4-3-5-7-19)23(29)17-10-8-16(9-11-17)22(28)20-14-25-21-13-12-18(24)15-27(20)21/h8-15,19H,2-7H2,1H3. The Kier molecular flexibility index (Phi) is 5.67. The van der Waals surface area contributed by atoms with Gasteiger partial charge >= 0.3 is 0 Å². The van der Waals surface area contributed by atoms with E-state index in [1.54, 1.807) is 53.2 Å². The zero-order valence-electron chi connectivity index (χ0n) is 16.5. The van der Waals surface area contributed by atoms with Crippen molar-refractivity contribution < 1.29 is 9.59 Å². The molecule has 29 heavy (non-hydrogen) atoms. The molecule has 0 bridgehead atoms. The summed E-state index contributed by atoms with van der Waals surface area (Å²) in [5.41, 5.74) is 2.24. The van der Waals surface area contributed by atoms with E-state index in [0.29, 0.717) is 40.1 Å². The molecule has 1 aliphatic carbocycles. The maximum absolute atomic E-state index is 13.0. The van der Waals surface area contributed by atoms with Crippen molar-refractivity contribution in [2.45, 2.75) is 45.1 Å². The Labute approximate surface area is 175 Å². The minimum atomic E-state index is -0.154. The highest BCUT2D eigenvalue weighted by Gasteiger charge is 2.25. The van der Waals surface area contributed by atoms with Crippen LogP contribution >= 0.6 is 11.6 Å². The SMILES string of the molecule is CCN(C(=O)c1ccc(C(=O)c2cnc3ccc(Cl)cn23)cc1)C1CCCCC1. The summed E-state index contributed by atoms with van der Waals surface area (Å²) in [4.78, 5) is 32.2. The molecule has 2 aromatic heterocycles. The fourth-order valence-corrected chi connectivity index (χ4v) is 4.32. The van der Waals surface area contributed by atoms with Crippen molar-refractivity contribution in [1.82, 2.24) is 14.3 Å². The Morgan fingerprint density at radius 1 is 1.07 bits per heavy atom. The molecule has 4 rings (SSSR count). The van der Waals surface area contributed by atoms with E-state index in [1.165, 1.54) is 19.3 Å². The van der Waals surface area contributed by atoms with Crippen molar-refractivity contribution in [2.75, 3.05) is 6.54 Å². The van der Waals surface area contributed by atoms with Crippen LogP contribution in [0.3, 0.4) is 0 Å². The molecule has 3 aromatic rings. The van der Waals surface area contributed by atoms with Crippen LogP contribution in [-0.2, 0) is 0 Å². The molecule has 0 atom stereocenters. The van der Waals surface area contributed by atoms with E-state index in [9.17, 15) is 9.59 Å². The molecular weight excluding hydrogens is 386 g/mol. The van der Waals surface area contributed by atoms with E-state index >= 15 is 0 Å². The molecule has 1 fully saturated rings. The predicted octanol–water partition coefficient (Wildman–Crippen LogP) is 5.01. The van der Waals surface area contributed by atoms with Crippen molar-refractivity contribution in [3.63, 3.8) is 0 Å². The second kappa shape index (κ2) is 8.37. The first-order chi connectivity index (χ1) is 14.1. The van der Waals surface area contributed by atoms with Crippen molar-refractivity contribution in [3.8, 4) is 0 Å². The Morgan fingerprint density at radius 3 is 2.45 bits per heavy atom. The number of ketones is 1. The maximum atomic E-state index is 13.0. The molecule has 6 heteroatoms. The number of carbonyl (C=O) groups excluding carboxylic acids is 2. The van der Waals surface area contributed by atoms with E-state index < -0.39 is 0 Å². The summed E-state index contributed by atoms with van der Waals surface area (Å²) >= 11 is 6.06. The van der Waals surface area contributed by atoms with E-state index in [2.05, 4.69) is 4.98 Å². The third-order valence-corrected chi connectivity index (χ3v) is 5.94. The van der Waals surface area contributed by atoms with Crippen LogP contribution in [0.5, 0.6) is 0 Å². The average Bonchev–Trinajstić information content (AvgIpc) is 3.17. The summed E-state index contributed by atoms with van der Waals surface area (Å²) < 4.78 is 1.69. The van der Waals surface area contributed by atoms with E-state index in [-0.39, 0.29) is 11.7 Å². The molecule has 5 nitrogen and oxygen atoms in total. The van der Waals surface area contributed by atoms with Crippen molar-refractivity contribution in [1.29, 1.82) is 0 Å². The molecule has 0 N–H and O–H groups in total. The molecule has 0 unspecified atom stereocenters. The normalized spacial score (nSPS) is 14.8. The molecule has 2 heterocycles. The lowest BCUT2D eigenvalue weighted by atomic mass is 9.93. The highest BCUT2D eigenvalue weighted by atomic mass is 35.5. The summed E-state index contributed by atoms with van der Waals surface area (Å²) in [6.45, 7) is 2.73. The number of imidazole rings is 1. The first-order valence-electron chi connectivity index (χ1n) is 10.2. The quantitative estimate of drug-likeness (QED) is 0.556. The number of nitrogens with zero attached hydrogens (tertiary/aromatic N) is 3. The second-order valence-electron chi connectivity index (χ2n) is 7.51. The number of hydrogen-bond donors (Lipinski definition) is 0. The van der Waals surface area contributed by atoms with Crippen LogP contribution in [0.15, 0.2) is 48.8 Å². The van der Waals surface area contributed by atoms with Gasteiger partial charge in [-0.25, -0.2) is 4.98 Å². The zero-order chi connectivity index (χ0) is 20.4. The molecule has 1 aliphatic rings. The third kappa shape index (κ3) is 3.92. The Morgan fingerprint density at radius 2 is 1.76 bits per heavy atom. The van der Waals surface area contributed by atoms with Crippen molar-refractivity contribution in [3.05, 3.63) is 70.6 Å². The van der Waals surface area contributed by atoms with Gasteiger partial charge in [0.15, 0.2) is 0 Å². The summed E-state index contributed by atoms with van der Waals surface area (Å²) in [6, 6.07) is 10.8. The third-order valence-electron chi connectivity index (χ3n) is 5.71. The zero-order valence-corrected chi connectivity index (χ0v) is 17.2. The smallest absolute Gasteiger partial charge is 0.254 e. The van der Waals surface area contributed by atoms with Gasteiger partial charge < -0.3 is 4.90 Å². The Bertz CT molecular complexity index is 1040. The van der Waals surface area contributed by atoms with Crippen LogP contribution < -0.4 is 0 Å². The van der Waals surface area contributed by atoms with Gasteiger partial charge in [0, 0.05) is 29.9 Å². The highest BCUT2D eigenvalue weighted by Crippen LogP contribution is 2.24. The molecule has 0 aliphatic heterocycles. The number of carbonyl (C=O) groups is 2. The Balaban J connectivity index is 1.55. The number of pyridine rings is 1. The molecule has 0 radical (unpaired) electrons. The van der Waals surface area contributed by atoms with Gasteiger partial charge in [0.2, 0.25) is 5.78 Å². The fourth-order valence-electron chi connectivity index (χ4n) is 4.16. The molecule has 150 valence electrons. The van der Waals surface area contributed by atoms with Crippen LogP contribution in [0.2, 0.25) is 5.02 Å². The number of amides is 1. The highest BCUT2D eigenvalue weighted by molar-refractivity contribution is 6.30. The van der Waals surface area contributed by atoms with Gasteiger partial charge in [0.05, 0.1) is 11.2 Å².